The normalized spacial score (nSPS) is 11.7. The predicted octanol–water partition coefficient (Wildman–Crippen LogP) is 3.23. The van der Waals surface area contributed by atoms with Crippen LogP contribution in [0.3, 0.4) is 0 Å². The van der Waals surface area contributed by atoms with Gasteiger partial charge in [0.25, 0.3) is 0 Å². The Morgan fingerprint density at radius 3 is 2.62 bits per heavy atom. The Labute approximate surface area is 137 Å². The Balaban J connectivity index is 0.00000106. The molecule has 0 bridgehead atoms. The number of hydrogen-bond donors (Lipinski definition) is 2. The van der Waals surface area contributed by atoms with Crippen LogP contribution in [0.25, 0.3) is 10.9 Å². The average molecular weight is 456 g/mol. The quantitative estimate of drug-likeness (QED) is 0.714. The topological polar surface area (TPSA) is 44.9 Å². The van der Waals surface area contributed by atoms with Crippen LogP contribution in [0.5, 0.6) is 0 Å². The van der Waals surface area contributed by atoms with E-state index in [9.17, 15) is 4.79 Å². The van der Waals surface area contributed by atoms with Crippen LogP contribution in [0.1, 0.15) is 33.3 Å². The van der Waals surface area contributed by atoms with Gasteiger partial charge >= 0.3 is 124 Å². The van der Waals surface area contributed by atoms with Crippen molar-refractivity contribution in [1.82, 2.24) is 10.3 Å². The zero-order chi connectivity index (χ0) is 15.8. The van der Waals surface area contributed by atoms with Crippen LogP contribution in [0, 0.1) is 5.92 Å². The van der Waals surface area contributed by atoms with Crippen molar-refractivity contribution in [1.29, 1.82) is 0 Å². The van der Waals surface area contributed by atoms with Crippen molar-refractivity contribution in [3.05, 3.63) is 36.0 Å². The Bertz CT molecular complexity index is 589. The minimum absolute atomic E-state index is 0.0282. The van der Waals surface area contributed by atoms with E-state index in [1.807, 2.05) is 46.0 Å². The number of aromatic amines is 1. The van der Waals surface area contributed by atoms with Gasteiger partial charge in [-0.1, -0.05) is 13.8 Å². The number of benzene rings is 1. The van der Waals surface area contributed by atoms with E-state index in [0.717, 1.165) is 11.9 Å². The van der Waals surface area contributed by atoms with Gasteiger partial charge < -0.3 is 0 Å². The van der Waals surface area contributed by atoms with Crippen molar-refractivity contribution in [3.8, 4) is 0 Å². The summed E-state index contributed by atoms with van der Waals surface area (Å²) in [5.41, 5.74) is 2.40. The van der Waals surface area contributed by atoms with E-state index in [2.05, 4.69) is 26.8 Å². The summed E-state index contributed by atoms with van der Waals surface area (Å²) in [7, 11) is 0. The van der Waals surface area contributed by atoms with Crippen LogP contribution >= 0.6 is 0 Å². The third kappa shape index (κ3) is 4.93. The molecule has 0 aliphatic rings. The first kappa shape index (κ1) is 17.8. The molecule has 1 unspecified atom stereocenters. The monoisotopic (exact) mass is 456 g/mol. The number of fused-ring (bicyclic) bond motifs is 1. The maximum atomic E-state index is 11.8. The van der Waals surface area contributed by atoms with Gasteiger partial charge in [-0.05, 0) is 0 Å². The number of nitrogens with one attached hydrogen (secondary N) is 2. The van der Waals surface area contributed by atoms with E-state index in [-0.39, 0.29) is 17.9 Å². The Morgan fingerprint density at radius 1 is 1.33 bits per heavy atom. The second-order valence-corrected chi connectivity index (χ2v) is 5.95. The molecule has 3 nitrogen and oxygen atoms in total. The number of rotatable bonds is 5. The third-order valence-electron chi connectivity index (χ3n) is 3.13. The summed E-state index contributed by atoms with van der Waals surface area (Å²) in [6.45, 7) is 7.83. The van der Waals surface area contributed by atoms with E-state index in [4.69, 9.17) is 0 Å². The summed E-state index contributed by atoms with van der Waals surface area (Å²) in [4.78, 5) is 15.0. The molecule has 0 saturated heterocycles. The van der Waals surface area contributed by atoms with Gasteiger partial charge in [-0.2, -0.15) is 0 Å². The van der Waals surface area contributed by atoms with Gasteiger partial charge in [0.05, 0.1) is 0 Å². The molecular formula is C17H24N2OW. The van der Waals surface area contributed by atoms with E-state index < -0.39 is 0 Å². The number of carbonyl (C=O) groups excluding carboxylic acids is 1. The molecule has 1 amide bonds. The van der Waals surface area contributed by atoms with E-state index in [0.29, 0.717) is 0 Å². The first-order chi connectivity index (χ1) is 10.1. The van der Waals surface area contributed by atoms with Crippen molar-refractivity contribution in [2.75, 3.05) is 0 Å². The van der Waals surface area contributed by atoms with Gasteiger partial charge in [0.2, 0.25) is 0 Å². The molecule has 0 fully saturated rings. The molecule has 114 valence electrons. The summed E-state index contributed by atoms with van der Waals surface area (Å²) in [5.74, 6) is 0.141. The van der Waals surface area contributed by atoms with Crippen molar-refractivity contribution in [3.63, 3.8) is 0 Å². The van der Waals surface area contributed by atoms with Gasteiger partial charge in [-0.3, -0.25) is 0 Å². The Kier molecular flexibility index (Phi) is 7.59. The molecule has 2 N–H and O–H groups in total. The zero-order valence-corrected chi connectivity index (χ0v) is 16.1. The van der Waals surface area contributed by atoms with Crippen LogP contribution in [0.15, 0.2) is 30.5 Å². The predicted molar refractivity (Wildman–Crippen MR) is 86.2 cm³/mol. The number of amides is 1. The molecule has 0 radical (unpaired) electrons. The first-order valence-electron chi connectivity index (χ1n) is 7.42. The fourth-order valence-electron chi connectivity index (χ4n) is 2.02. The average Bonchev–Trinajstić information content (AvgIpc) is 2.91. The molecule has 21 heavy (non-hydrogen) atoms. The van der Waals surface area contributed by atoms with Gasteiger partial charge in [0.1, 0.15) is 0 Å². The maximum absolute atomic E-state index is 11.8. The fourth-order valence-corrected chi connectivity index (χ4v) is 2.61. The van der Waals surface area contributed by atoms with Crippen LogP contribution < -0.4 is 5.32 Å². The SMILES string of the molecule is CC.CC(C)C(=O)NC([CH]=[W])Cc1c[nH]c2ccccc12. The Hall–Kier alpha value is -1.21. The number of para-hydroxylation sites is 1. The second-order valence-electron chi connectivity index (χ2n) is 4.97. The Morgan fingerprint density at radius 2 is 2.00 bits per heavy atom. The molecule has 2 aromatic rings. The molecule has 1 atom stereocenters. The molecule has 2 rings (SSSR count). The number of carbonyl (C=O) groups is 1. The summed E-state index contributed by atoms with van der Waals surface area (Å²) < 4.78 is 2.13. The first-order valence-corrected chi connectivity index (χ1v) is 9.12. The molecule has 4 heteroatoms. The molecule has 0 aliphatic heterocycles. The third-order valence-corrected chi connectivity index (χ3v) is 4.31. The van der Waals surface area contributed by atoms with Crippen molar-refractivity contribution in [2.24, 2.45) is 5.92 Å². The number of hydrogen-bond acceptors (Lipinski definition) is 1. The molecule has 0 spiro atoms. The molecule has 1 heterocycles. The summed E-state index contributed by atoms with van der Waals surface area (Å²) >= 11 is 1.38. The van der Waals surface area contributed by atoms with Crippen LogP contribution in [-0.2, 0) is 30.6 Å². The van der Waals surface area contributed by atoms with Crippen LogP contribution in [0.4, 0.5) is 0 Å². The van der Waals surface area contributed by atoms with E-state index in [1.165, 1.54) is 30.3 Å². The van der Waals surface area contributed by atoms with Crippen molar-refractivity contribution < 1.29 is 24.1 Å². The van der Waals surface area contributed by atoms with Gasteiger partial charge in [0.15, 0.2) is 0 Å². The van der Waals surface area contributed by atoms with E-state index in [1.54, 1.807) is 0 Å². The van der Waals surface area contributed by atoms with Gasteiger partial charge in [-0.25, -0.2) is 0 Å². The van der Waals surface area contributed by atoms with Gasteiger partial charge in [0, 0.05) is 0 Å². The summed E-state index contributed by atoms with van der Waals surface area (Å²) in [6.07, 6.45) is 2.88. The number of aromatic nitrogens is 1. The second kappa shape index (κ2) is 8.94. The van der Waals surface area contributed by atoms with Crippen LogP contribution in [-0.4, -0.2) is 21.3 Å². The summed E-state index contributed by atoms with van der Waals surface area (Å²) in [6, 6.07) is 8.37. The van der Waals surface area contributed by atoms with Gasteiger partial charge in [-0.15, -0.1) is 0 Å². The summed E-state index contributed by atoms with van der Waals surface area (Å²) in [5, 5.41) is 4.32. The van der Waals surface area contributed by atoms with Crippen molar-refractivity contribution >= 4 is 21.2 Å². The molecule has 1 aromatic heterocycles. The molecule has 1 aromatic carbocycles. The van der Waals surface area contributed by atoms with E-state index >= 15 is 0 Å². The number of H-pyrrole nitrogens is 1. The minimum atomic E-state index is 0.0282. The molecular weight excluding hydrogens is 432 g/mol. The van der Waals surface area contributed by atoms with Crippen LogP contribution in [0.2, 0.25) is 0 Å². The zero-order valence-electron chi connectivity index (χ0n) is 13.1. The molecule has 0 saturated carbocycles. The standard InChI is InChI=1S/C15H18N2O.C2H6.W/c1-10(2)15(18)17-11(3)8-12-9-16-14-7-5-4-6-13(12)14;1-2;/h3-7,9-11,16H,8H2,1-2H3,(H,17,18);1-2H3;. The molecule has 0 aliphatic carbocycles. The van der Waals surface area contributed by atoms with Crippen molar-refractivity contribution in [2.45, 2.75) is 40.2 Å². The fraction of sp³-hybridized carbons (Fsp3) is 0.412.